The third-order valence-electron chi connectivity index (χ3n) is 3.79. The van der Waals surface area contributed by atoms with Crippen LogP contribution in [0.1, 0.15) is 43.5 Å². The molecule has 0 fully saturated rings. The summed E-state index contributed by atoms with van der Waals surface area (Å²) >= 11 is 0. The molecule has 2 N–H and O–H groups in total. The Kier molecular flexibility index (Phi) is 6.47. The Balaban J connectivity index is 1.78. The van der Waals surface area contributed by atoms with E-state index < -0.39 is 0 Å². The van der Waals surface area contributed by atoms with Gasteiger partial charge in [-0.15, -0.1) is 10.2 Å². The first kappa shape index (κ1) is 18.4. The van der Waals surface area contributed by atoms with E-state index in [0.717, 1.165) is 5.56 Å². The molecule has 2 rings (SSSR count). The van der Waals surface area contributed by atoms with Gasteiger partial charge in [0.1, 0.15) is 11.9 Å². The van der Waals surface area contributed by atoms with Crippen LogP contribution in [0.5, 0.6) is 0 Å². The number of benzene rings is 1. The van der Waals surface area contributed by atoms with Crippen molar-refractivity contribution in [2.75, 3.05) is 11.9 Å². The summed E-state index contributed by atoms with van der Waals surface area (Å²) in [4.78, 5) is 12.1. The second-order valence-electron chi connectivity index (χ2n) is 6.34. The highest BCUT2D eigenvalue weighted by Crippen LogP contribution is 2.14. The third kappa shape index (κ3) is 5.88. The van der Waals surface area contributed by atoms with Crippen LogP contribution in [0.2, 0.25) is 0 Å². The molecule has 1 heterocycles. The lowest BCUT2D eigenvalue weighted by Gasteiger charge is -2.15. The van der Waals surface area contributed by atoms with Crippen LogP contribution >= 0.6 is 0 Å². The third-order valence-corrected chi connectivity index (χ3v) is 3.79. The number of nitriles is 1. The molecule has 1 aromatic heterocycles. The van der Waals surface area contributed by atoms with E-state index in [-0.39, 0.29) is 17.6 Å². The average molecular weight is 337 g/mol. The van der Waals surface area contributed by atoms with Gasteiger partial charge in [0.05, 0.1) is 6.42 Å². The first-order valence-electron chi connectivity index (χ1n) is 8.34. The molecule has 1 amide bonds. The van der Waals surface area contributed by atoms with Crippen molar-refractivity contribution in [2.24, 2.45) is 0 Å². The smallest absolute Gasteiger partial charge is 0.224 e. The van der Waals surface area contributed by atoms with Gasteiger partial charge >= 0.3 is 0 Å². The lowest BCUT2D eigenvalue weighted by atomic mass is 10.0. The molecule has 130 valence electrons. The molecule has 0 saturated heterocycles. The molecular weight excluding hydrogens is 314 g/mol. The van der Waals surface area contributed by atoms with Crippen LogP contribution in [0.4, 0.5) is 5.82 Å². The highest BCUT2D eigenvalue weighted by Gasteiger charge is 2.09. The number of rotatable bonds is 7. The summed E-state index contributed by atoms with van der Waals surface area (Å²) < 4.78 is 0. The minimum absolute atomic E-state index is 0.0162. The Morgan fingerprint density at radius 3 is 2.40 bits per heavy atom. The molecule has 25 heavy (non-hydrogen) atoms. The number of anilines is 1. The number of aromatic nitrogens is 2. The lowest BCUT2D eigenvalue weighted by Crippen LogP contribution is -2.38. The molecular formula is C19H23N5O. The molecule has 0 saturated carbocycles. The zero-order valence-corrected chi connectivity index (χ0v) is 14.8. The van der Waals surface area contributed by atoms with Gasteiger partial charge in [-0.25, -0.2) is 0 Å². The van der Waals surface area contributed by atoms with Gasteiger partial charge in [-0.2, -0.15) is 5.26 Å². The first-order valence-corrected chi connectivity index (χ1v) is 8.34. The molecule has 0 aliphatic heterocycles. The Labute approximate surface area is 148 Å². The quantitative estimate of drug-likeness (QED) is 0.810. The molecule has 1 atom stereocenters. The van der Waals surface area contributed by atoms with E-state index in [1.165, 1.54) is 5.56 Å². The maximum atomic E-state index is 12.1. The molecule has 0 aliphatic rings. The summed E-state index contributed by atoms with van der Waals surface area (Å²) in [5.74, 6) is 1.04. The predicted octanol–water partition coefficient (Wildman–Crippen LogP) is 2.63. The van der Waals surface area contributed by atoms with Crippen molar-refractivity contribution in [3.63, 3.8) is 0 Å². The average Bonchev–Trinajstić information content (AvgIpc) is 2.60. The van der Waals surface area contributed by atoms with Crippen LogP contribution in [0.25, 0.3) is 0 Å². The van der Waals surface area contributed by atoms with E-state index in [4.69, 9.17) is 5.26 Å². The number of hydrogen-bond acceptors (Lipinski definition) is 5. The van der Waals surface area contributed by atoms with Gasteiger partial charge in [0.15, 0.2) is 5.69 Å². The molecule has 6 nitrogen and oxygen atoms in total. The largest absolute Gasteiger partial charge is 0.367 e. The van der Waals surface area contributed by atoms with Crippen molar-refractivity contribution >= 4 is 11.7 Å². The number of nitrogens with zero attached hydrogens (tertiary/aromatic N) is 3. The Hall–Kier alpha value is -2.94. The minimum Gasteiger partial charge on any atom is -0.367 e. The zero-order valence-electron chi connectivity index (χ0n) is 14.8. The number of amides is 1. The van der Waals surface area contributed by atoms with Gasteiger partial charge < -0.3 is 10.6 Å². The number of carbonyl (C=O) groups is 1. The van der Waals surface area contributed by atoms with Crippen molar-refractivity contribution in [1.82, 2.24) is 15.5 Å². The summed E-state index contributed by atoms with van der Waals surface area (Å²) in [5, 5.41) is 22.4. The van der Waals surface area contributed by atoms with Crippen LogP contribution in [0.15, 0.2) is 36.4 Å². The van der Waals surface area contributed by atoms with Gasteiger partial charge in [-0.3, -0.25) is 4.79 Å². The second kappa shape index (κ2) is 8.78. The fraction of sp³-hybridized carbons (Fsp3) is 0.368. The Bertz CT molecular complexity index is 732. The fourth-order valence-electron chi connectivity index (χ4n) is 2.33. The molecule has 6 heteroatoms. The molecule has 0 aliphatic carbocycles. The summed E-state index contributed by atoms with van der Waals surface area (Å²) in [6, 6.07) is 13.3. The highest BCUT2D eigenvalue weighted by atomic mass is 16.1. The van der Waals surface area contributed by atoms with E-state index in [2.05, 4.69) is 46.8 Å². The molecule has 0 radical (unpaired) electrons. The summed E-state index contributed by atoms with van der Waals surface area (Å²) in [7, 11) is 0. The standard InChI is InChI=1S/C19H23N5O/c1-13(2)16-6-4-15(5-7-16)10-19(25)22-14(3)12-21-18-9-8-17(11-20)23-24-18/h4-9,13-14H,10,12H2,1-3H3,(H,21,24)(H,22,25)/t14-/m0/s1. The molecule has 0 unspecified atom stereocenters. The Morgan fingerprint density at radius 1 is 1.12 bits per heavy atom. The SMILES string of the molecule is CC(C)c1ccc(CC(=O)N[C@@H](C)CNc2ccc(C#N)nn2)cc1. The van der Waals surface area contributed by atoms with Crippen LogP contribution in [0.3, 0.4) is 0 Å². The molecule has 0 bridgehead atoms. The van der Waals surface area contributed by atoms with E-state index in [1.807, 2.05) is 25.1 Å². The summed E-state index contributed by atoms with van der Waals surface area (Å²) in [6.07, 6.45) is 0.361. The lowest BCUT2D eigenvalue weighted by molar-refractivity contribution is -0.120. The van der Waals surface area contributed by atoms with Crippen molar-refractivity contribution in [3.8, 4) is 6.07 Å². The van der Waals surface area contributed by atoms with Crippen LogP contribution in [0, 0.1) is 11.3 Å². The topological polar surface area (TPSA) is 90.7 Å². The van der Waals surface area contributed by atoms with Crippen LogP contribution in [-0.4, -0.2) is 28.7 Å². The van der Waals surface area contributed by atoms with Crippen molar-refractivity contribution in [3.05, 3.63) is 53.2 Å². The van der Waals surface area contributed by atoms with E-state index >= 15 is 0 Å². The monoisotopic (exact) mass is 337 g/mol. The van der Waals surface area contributed by atoms with E-state index in [9.17, 15) is 4.79 Å². The number of carbonyl (C=O) groups excluding carboxylic acids is 1. The summed E-state index contributed by atoms with van der Waals surface area (Å²) in [5.41, 5.74) is 2.54. The maximum absolute atomic E-state index is 12.1. The minimum atomic E-state index is -0.0557. The molecule has 2 aromatic rings. The Morgan fingerprint density at radius 2 is 1.84 bits per heavy atom. The van der Waals surface area contributed by atoms with E-state index in [1.54, 1.807) is 12.1 Å². The van der Waals surface area contributed by atoms with Gasteiger partial charge in [0, 0.05) is 12.6 Å². The van der Waals surface area contributed by atoms with Gasteiger partial charge in [-0.05, 0) is 36.1 Å². The van der Waals surface area contributed by atoms with Crippen molar-refractivity contribution < 1.29 is 4.79 Å². The van der Waals surface area contributed by atoms with Gasteiger partial charge in [0.2, 0.25) is 5.91 Å². The van der Waals surface area contributed by atoms with Crippen molar-refractivity contribution in [2.45, 2.75) is 39.2 Å². The van der Waals surface area contributed by atoms with Crippen LogP contribution < -0.4 is 10.6 Å². The zero-order chi connectivity index (χ0) is 18.2. The highest BCUT2D eigenvalue weighted by molar-refractivity contribution is 5.78. The van der Waals surface area contributed by atoms with Crippen molar-refractivity contribution in [1.29, 1.82) is 5.26 Å². The maximum Gasteiger partial charge on any atom is 0.224 e. The normalized spacial score (nSPS) is 11.6. The second-order valence-corrected chi connectivity index (χ2v) is 6.34. The summed E-state index contributed by atoms with van der Waals surface area (Å²) in [6.45, 7) is 6.74. The van der Waals surface area contributed by atoms with Gasteiger partial charge in [-0.1, -0.05) is 38.1 Å². The number of nitrogens with one attached hydrogen (secondary N) is 2. The fourth-order valence-corrected chi connectivity index (χ4v) is 2.33. The van der Waals surface area contributed by atoms with Gasteiger partial charge in [0.25, 0.3) is 0 Å². The van der Waals surface area contributed by atoms with Crippen LogP contribution in [-0.2, 0) is 11.2 Å². The predicted molar refractivity (Wildman–Crippen MR) is 97.1 cm³/mol. The molecule has 0 spiro atoms. The van der Waals surface area contributed by atoms with E-state index in [0.29, 0.717) is 24.7 Å². The first-order chi connectivity index (χ1) is 12.0. The molecule has 1 aromatic carbocycles. The number of hydrogen-bond donors (Lipinski definition) is 2.